The van der Waals surface area contributed by atoms with Gasteiger partial charge in [-0.15, -0.1) is 0 Å². The van der Waals surface area contributed by atoms with Crippen LogP contribution in [0.2, 0.25) is 0 Å². The fraction of sp³-hybridized carbons (Fsp3) is 0.545. The third-order valence-electron chi connectivity index (χ3n) is 2.25. The fourth-order valence-electron chi connectivity index (χ4n) is 1.29. The molecule has 0 saturated heterocycles. The van der Waals surface area contributed by atoms with Gasteiger partial charge in [0.25, 0.3) is 0 Å². The van der Waals surface area contributed by atoms with Crippen LogP contribution in [0.25, 0.3) is 0 Å². The Morgan fingerprint density at radius 1 is 1.56 bits per heavy atom. The maximum Gasteiger partial charge on any atom is 0.0410 e. The van der Waals surface area contributed by atoms with Gasteiger partial charge in [0.05, 0.1) is 0 Å². The van der Waals surface area contributed by atoms with E-state index in [1.165, 1.54) is 0 Å². The number of pyridine rings is 1. The summed E-state index contributed by atoms with van der Waals surface area (Å²) in [5, 5.41) is 3.39. The zero-order valence-corrected chi connectivity index (χ0v) is 12.0. The summed E-state index contributed by atoms with van der Waals surface area (Å²) in [6.45, 7) is 2.90. The predicted molar refractivity (Wildman–Crippen MR) is 71.8 cm³/mol. The van der Waals surface area contributed by atoms with Crippen LogP contribution in [-0.4, -0.2) is 27.2 Å². The van der Waals surface area contributed by atoms with E-state index in [9.17, 15) is 4.21 Å². The molecule has 90 valence electrons. The summed E-state index contributed by atoms with van der Waals surface area (Å²) in [5.74, 6) is 0.755. The monoisotopic (exact) mass is 304 g/mol. The molecule has 0 radical (unpaired) electrons. The average molecular weight is 305 g/mol. The molecule has 2 unspecified atom stereocenters. The Bertz CT molecular complexity index is 360. The van der Waals surface area contributed by atoms with E-state index in [-0.39, 0.29) is 0 Å². The summed E-state index contributed by atoms with van der Waals surface area (Å²) < 4.78 is 11.9. The maximum absolute atomic E-state index is 10.9. The van der Waals surface area contributed by atoms with Gasteiger partial charge in [-0.1, -0.05) is 0 Å². The van der Waals surface area contributed by atoms with Crippen LogP contribution in [0.15, 0.2) is 22.9 Å². The van der Waals surface area contributed by atoms with Crippen LogP contribution >= 0.6 is 15.9 Å². The summed E-state index contributed by atoms with van der Waals surface area (Å²) >= 11 is 3.39. The van der Waals surface area contributed by atoms with Crippen molar-refractivity contribution < 1.29 is 4.21 Å². The second kappa shape index (κ2) is 7.14. The standard InChI is InChI=1S/C11H17BrN2OS/c1-9(3-4-16(2)15)14-7-10-5-11(12)8-13-6-10/h5-6,8-9,14H,3-4,7H2,1-2H3. The molecule has 3 nitrogen and oxygen atoms in total. The highest BCUT2D eigenvalue weighted by atomic mass is 79.9. The van der Waals surface area contributed by atoms with Crippen LogP contribution in [0.3, 0.4) is 0 Å². The maximum atomic E-state index is 10.9. The van der Waals surface area contributed by atoms with Crippen molar-refractivity contribution in [1.29, 1.82) is 0 Å². The molecule has 1 aromatic heterocycles. The molecule has 0 spiro atoms. The van der Waals surface area contributed by atoms with E-state index >= 15 is 0 Å². The van der Waals surface area contributed by atoms with Gasteiger partial charge < -0.3 is 5.32 Å². The average Bonchev–Trinajstić information content (AvgIpc) is 2.23. The molecule has 0 bridgehead atoms. The Balaban J connectivity index is 2.31. The van der Waals surface area contributed by atoms with E-state index in [1.54, 1.807) is 12.5 Å². The van der Waals surface area contributed by atoms with Gasteiger partial charge in [0.1, 0.15) is 0 Å². The molecule has 0 aliphatic rings. The predicted octanol–water partition coefficient (Wildman–Crippen LogP) is 2.09. The van der Waals surface area contributed by atoms with E-state index in [0.29, 0.717) is 6.04 Å². The molecule has 0 aliphatic carbocycles. The third kappa shape index (κ3) is 5.72. The van der Waals surface area contributed by atoms with Crippen LogP contribution in [0.4, 0.5) is 0 Å². The Kier molecular flexibility index (Phi) is 6.16. The minimum absolute atomic E-state index is 0.378. The minimum atomic E-state index is -0.698. The van der Waals surface area contributed by atoms with Crippen LogP contribution in [0.5, 0.6) is 0 Å². The smallest absolute Gasteiger partial charge is 0.0410 e. The van der Waals surface area contributed by atoms with Gasteiger partial charge >= 0.3 is 0 Å². The van der Waals surface area contributed by atoms with Crippen molar-refractivity contribution in [2.45, 2.75) is 25.9 Å². The molecule has 0 aromatic carbocycles. The van der Waals surface area contributed by atoms with Crippen molar-refractivity contribution in [1.82, 2.24) is 10.3 Å². The molecule has 0 amide bonds. The molecular weight excluding hydrogens is 288 g/mol. The summed E-state index contributed by atoms with van der Waals surface area (Å²) in [6, 6.07) is 2.42. The second-order valence-electron chi connectivity index (χ2n) is 3.86. The molecule has 2 atom stereocenters. The molecule has 16 heavy (non-hydrogen) atoms. The van der Waals surface area contributed by atoms with Crippen LogP contribution in [0, 0.1) is 0 Å². The van der Waals surface area contributed by atoms with Crippen LogP contribution in [-0.2, 0) is 17.3 Å². The summed E-state index contributed by atoms with van der Waals surface area (Å²) in [4.78, 5) is 4.10. The van der Waals surface area contributed by atoms with Gasteiger partial charge in [0, 0.05) is 52.3 Å². The van der Waals surface area contributed by atoms with E-state index < -0.39 is 10.8 Å². The lowest BCUT2D eigenvalue weighted by molar-refractivity contribution is 0.534. The highest BCUT2D eigenvalue weighted by Gasteiger charge is 2.03. The Labute approximate surface area is 108 Å². The molecule has 1 N–H and O–H groups in total. The normalized spacial score (nSPS) is 14.7. The third-order valence-corrected chi connectivity index (χ3v) is 3.50. The highest BCUT2D eigenvalue weighted by molar-refractivity contribution is 9.10. The molecular formula is C11H17BrN2OS. The van der Waals surface area contributed by atoms with E-state index in [0.717, 1.165) is 28.8 Å². The number of hydrogen-bond acceptors (Lipinski definition) is 3. The largest absolute Gasteiger partial charge is 0.310 e. The van der Waals surface area contributed by atoms with Crippen LogP contribution < -0.4 is 5.32 Å². The molecule has 0 aliphatic heterocycles. The van der Waals surface area contributed by atoms with Gasteiger partial charge in [0.2, 0.25) is 0 Å². The van der Waals surface area contributed by atoms with Crippen molar-refractivity contribution in [2.75, 3.05) is 12.0 Å². The van der Waals surface area contributed by atoms with Gasteiger partial charge in [-0.25, -0.2) is 0 Å². The summed E-state index contributed by atoms with van der Waals surface area (Å²) in [5.41, 5.74) is 1.15. The van der Waals surface area contributed by atoms with E-state index in [2.05, 4.69) is 33.2 Å². The van der Waals surface area contributed by atoms with E-state index in [1.807, 2.05) is 12.3 Å². The minimum Gasteiger partial charge on any atom is -0.310 e. The van der Waals surface area contributed by atoms with Crippen molar-refractivity contribution in [2.24, 2.45) is 0 Å². The number of aromatic nitrogens is 1. The topological polar surface area (TPSA) is 42.0 Å². The molecule has 1 rings (SSSR count). The van der Waals surface area contributed by atoms with Gasteiger partial charge in [0.15, 0.2) is 0 Å². The van der Waals surface area contributed by atoms with Gasteiger partial charge in [-0.2, -0.15) is 0 Å². The van der Waals surface area contributed by atoms with Gasteiger partial charge in [-0.3, -0.25) is 9.19 Å². The lowest BCUT2D eigenvalue weighted by Gasteiger charge is -2.12. The lowest BCUT2D eigenvalue weighted by Crippen LogP contribution is -2.27. The van der Waals surface area contributed by atoms with E-state index in [4.69, 9.17) is 0 Å². The molecule has 1 aromatic rings. The first-order chi connectivity index (χ1) is 7.58. The number of hydrogen-bond donors (Lipinski definition) is 1. The second-order valence-corrected chi connectivity index (χ2v) is 6.33. The van der Waals surface area contributed by atoms with Crippen molar-refractivity contribution in [3.8, 4) is 0 Å². The van der Waals surface area contributed by atoms with Crippen molar-refractivity contribution in [3.05, 3.63) is 28.5 Å². The molecule has 5 heteroatoms. The Hall–Kier alpha value is -0.260. The number of nitrogens with one attached hydrogen (secondary N) is 1. The highest BCUT2D eigenvalue weighted by Crippen LogP contribution is 2.09. The Morgan fingerprint density at radius 2 is 2.31 bits per heavy atom. The van der Waals surface area contributed by atoms with Crippen molar-refractivity contribution >= 4 is 26.7 Å². The molecule has 0 fully saturated rings. The van der Waals surface area contributed by atoms with Crippen molar-refractivity contribution in [3.63, 3.8) is 0 Å². The fourth-order valence-corrected chi connectivity index (χ4v) is 2.39. The number of nitrogens with zero attached hydrogens (tertiary/aromatic N) is 1. The molecule has 1 heterocycles. The zero-order valence-electron chi connectivity index (χ0n) is 9.57. The zero-order chi connectivity index (χ0) is 12.0. The first-order valence-electron chi connectivity index (χ1n) is 5.21. The lowest BCUT2D eigenvalue weighted by atomic mass is 10.2. The first kappa shape index (κ1) is 13.8. The summed E-state index contributed by atoms with van der Waals surface area (Å²) in [6.07, 6.45) is 6.30. The quantitative estimate of drug-likeness (QED) is 0.875. The molecule has 0 saturated carbocycles. The Morgan fingerprint density at radius 3 is 2.94 bits per heavy atom. The summed E-state index contributed by atoms with van der Waals surface area (Å²) in [7, 11) is -0.698. The SMILES string of the molecule is CC(CCS(C)=O)NCc1cncc(Br)c1. The van der Waals surface area contributed by atoms with Crippen LogP contribution in [0.1, 0.15) is 18.9 Å². The number of halogens is 1. The van der Waals surface area contributed by atoms with Gasteiger partial charge in [-0.05, 0) is 40.9 Å². The number of rotatable bonds is 6. The first-order valence-corrected chi connectivity index (χ1v) is 7.73.